The molecule has 3 N–H and O–H groups in total. The lowest BCUT2D eigenvalue weighted by Crippen LogP contribution is -2.31. The SMILES string of the molecule is CC(C)C(N)CC(=O)Nc1ccc(N2CCCC2=O)cc1. The molecule has 0 radical (unpaired) electrons. The largest absolute Gasteiger partial charge is 0.327 e. The van der Waals surface area contributed by atoms with Crippen molar-refractivity contribution in [1.29, 1.82) is 0 Å². The Morgan fingerprint density at radius 3 is 2.52 bits per heavy atom. The summed E-state index contributed by atoms with van der Waals surface area (Å²) < 4.78 is 0. The Morgan fingerprint density at radius 2 is 2.00 bits per heavy atom. The second-order valence-corrected chi connectivity index (χ2v) is 5.86. The average Bonchev–Trinajstić information content (AvgIpc) is 2.85. The molecule has 1 atom stereocenters. The summed E-state index contributed by atoms with van der Waals surface area (Å²) in [5, 5.41) is 2.83. The van der Waals surface area contributed by atoms with Gasteiger partial charge in [0.25, 0.3) is 0 Å². The summed E-state index contributed by atoms with van der Waals surface area (Å²) in [4.78, 5) is 25.3. The van der Waals surface area contributed by atoms with Gasteiger partial charge in [-0.1, -0.05) is 13.8 Å². The van der Waals surface area contributed by atoms with E-state index in [1.807, 2.05) is 38.1 Å². The van der Waals surface area contributed by atoms with Crippen LogP contribution in [0.3, 0.4) is 0 Å². The van der Waals surface area contributed by atoms with Gasteiger partial charge in [0.1, 0.15) is 0 Å². The minimum absolute atomic E-state index is 0.0822. The molecular formula is C16H23N3O2. The van der Waals surface area contributed by atoms with Crippen molar-refractivity contribution < 1.29 is 9.59 Å². The number of rotatable bonds is 5. The van der Waals surface area contributed by atoms with Crippen molar-refractivity contribution in [3.05, 3.63) is 24.3 Å². The Balaban J connectivity index is 1.93. The molecule has 1 aromatic rings. The number of carbonyl (C=O) groups is 2. The first-order valence-electron chi connectivity index (χ1n) is 7.43. The van der Waals surface area contributed by atoms with Crippen LogP contribution in [0.5, 0.6) is 0 Å². The number of nitrogens with one attached hydrogen (secondary N) is 1. The molecular weight excluding hydrogens is 266 g/mol. The summed E-state index contributed by atoms with van der Waals surface area (Å²) in [6, 6.07) is 7.23. The fourth-order valence-electron chi connectivity index (χ4n) is 2.31. The predicted molar refractivity (Wildman–Crippen MR) is 84.1 cm³/mol. The van der Waals surface area contributed by atoms with Crippen molar-refractivity contribution in [3.8, 4) is 0 Å². The maximum Gasteiger partial charge on any atom is 0.227 e. The zero-order chi connectivity index (χ0) is 15.4. The predicted octanol–water partition coefficient (Wildman–Crippen LogP) is 2.13. The van der Waals surface area contributed by atoms with E-state index in [1.54, 1.807) is 4.90 Å². The lowest BCUT2D eigenvalue weighted by molar-refractivity contribution is -0.117. The molecule has 5 nitrogen and oxygen atoms in total. The van der Waals surface area contributed by atoms with Crippen LogP contribution in [-0.4, -0.2) is 24.4 Å². The van der Waals surface area contributed by atoms with Gasteiger partial charge >= 0.3 is 0 Å². The molecule has 0 bridgehead atoms. The third-order valence-electron chi connectivity index (χ3n) is 3.81. The lowest BCUT2D eigenvalue weighted by atomic mass is 10.0. The summed E-state index contributed by atoms with van der Waals surface area (Å²) in [6.45, 7) is 4.77. The van der Waals surface area contributed by atoms with Crippen molar-refractivity contribution in [3.63, 3.8) is 0 Å². The van der Waals surface area contributed by atoms with Gasteiger partial charge in [-0.15, -0.1) is 0 Å². The third-order valence-corrected chi connectivity index (χ3v) is 3.81. The van der Waals surface area contributed by atoms with E-state index < -0.39 is 0 Å². The number of benzene rings is 1. The highest BCUT2D eigenvalue weighted by Crippen LogP contribution is 2.23. The van der Waals surface area contributed by atoms with Crippen LogP contribution in [0.25, 0.3) is 0 Å². The van der Waals surface area contributed by atoms with Crippen molar-refractivity contribution in [2.75, 3.05) is 16.8 Å². The maximum atomic E-state index is 11.9. The average molecular weight is 289 g/mol. The number of anilines is 2. The van der Waals surface area contributed by atoms with Crippen molar-refractivity contribution in [1.82, 2.24) is 0 Å². The smallest absolute Gasteiger partial charge is 0.227 e. The van der Waals surface area contributed by atoms with E-state index >= 15 is 0 Å². The van der Waals surface area contributed by atoms with Gasteiger partial charge in [0.15, 0.2) is 0 Å². The van der Waals surface area contributed by atoms with Crippen LogP contribution in [0.2, 0.25) is 0 Å². The van der Waals surface area contributed by atoms with E-state index in [4.69, 9.17) is 5.73 Å². The summed E-state index contributed by atoms with van der Waals surface area (Å²) in [6.07, 6.45) is 1.83. The lowest BCUT2D eigenvalue weighted by Gasteiger charge is -2.17. The van der Waals surface area contributed by atoms with E-state index in [0.29, 0.717) is 12.8 Å². The number of nitrogens with zero attached hydrogens (tertiary/aromatic N) is 1. The zero-order valence-electron chi connectivity index (χ0n) is 12.6. The molecule has 2 amide bonds. The Morgan fingerprint density at radius 1 is 1.33 bits per heavy atom. The molecule has 2 rings (SSSR count). The minimum Gasteiger partial charge on any atom is -0.327 e. The highest BCUT2D eigenvalue weighted by molar-refractivity contribution is 5.96. The van der Waals surface area contributed by atoms with Crippen LogP contribution in [0.1, 0.15) is 33.1 Å². The van der Waals surface area contributed by atoms with E-state index in [9.17, 15) is 9.59 Å². The van der Waals surface area contributed by atoms with Crippen molar-refractivity contribution in [2.45, 2.75) is 39.2 Å². The first kappa shape index (κ1) is 15.5. The second kappa shape index (κ2) is 6.72. The van der Waals surface area contributed by atoms with Gasteiger partial charge in [0.2, 0.25) is 11.8 Å². The van der Waals surface area contributed by atoms with Crippen LogP contribution < -0.4 is 16.0 Å². The molecule has 1 aliphatic rings. The molecule has 1 aromatic carbocycles. The monoisotopic (exact) mass is 289 g/mol. The molecule has 1 heterocycles. The van der Waals surface area contributed by atoms with Crippen LogP contribution in [0.4, 0.5) is 11.4 Å². The normalized spacial score (nSPS) is 16.4. The van der Waals surface area contributed by atoms with Gasteiger partial charge in [-0.25, -0.2) is 0 Å². The maximum absolute atomic E-state index is 11.9. The van der Waals surface area contributed by atoms with Crippen molar-refractivity contribution in [2.24, 2.45) is 11.7 Å². The highest BCUT2D eigenvalue weighted by Gasteiger charge is 2.21. The molecule has 0 saturated carbocycles. The second-order valence-electron chi connectivity index (χ2n) is 5.86. The van der Waals surface area contributed by atoms with Crippen LogP contribution in [0.15, 0.2) is 24.3 Å². The van der Waals surface area contributed by atoms with Gasteiger partial charge in [-0.2, -0.15) is 0 Å². The number of hydrogen-bond donors (Lipinski definition) is 2. The van der Waals surface area contributed by atoms with Crippen LogP contribution in [0, 0.1) is 5.92 Å². The first-order valence-corrected chi connectivity index (χ1v) is 7.43. The van der Waals surface area contributed by atoms with Gasteiger partial charge < -0.3 is 16.0 Å². The van der Waals surface area contributed by atoms with E-state index in [2.05, 4.69) is 5.32 Å². The fourth-order valence-corrected chi connectivity index (χ4v) is 2.31. The molecule has 0 aromatic heterocycles. The number of carbonyl (C=O) groups excluding carboxylic acids is 2. The molecule has 1 aliphatic heterocycles. The van der Waals surface area contributed by atoms with E-state index in [0.717, 1.165) is 24.3 Å². The molecule has 1 unspecified atom stereocenters. The number of nitrogens with two attached hydrogens (primary N) is 1. The fraction of sp³-hybridized carbons (Fsp3) is 0.500. The number of amides is 2. The summed E-state index contributed by atoms with van der Waals surface area (Å²) in [5.74, 6) is 0.357. The van der Waals surface area contributed by atoms with Gasteiger partial charge in [0.05, 0.1) is 0 Å². The van der Waals surface area contributed by atoms with Gasteiger partial charge in [-0.3, -0.25) is 9.59 Å². The molecule has 114 valence electrons. The third kappa shape index (κ3) is 4.04. The van der Waals surface area contributed by atoms with E-state index in [-0.39, 0.29) is 23.8 Å². The summed E-state index contributed by atoms with van der Waals surface area (Å²) >= 11 is 0. The topological polar surface area (TPSA) is 75.4 Å². The zero-order valence-corrected chi connectivity index (χ0v) is 12.6. The molecule has 21 heavy (non-hydrogen) atoms. The Bertz CT molecular complexity index is 511. The Hall–Kier alpha value is -1.88. The van der Waals surface area contributed by atoms with Crippen LogP contribution >= 0.6 is 0 Å². The molecule has 1 fully saturated rings. The Labute approximate surface area is 125 Å². The van der Waals surface area contributed by atoms with Gasteiger partial charge in [0, 0.05) is 36.8 Å². The first-order chi connectivity index (χ1) is 9.97. The number of hydrogen-bond acceptors (Lipinski definition) is 3. The summed E-state index contributed by atoms with van der Waals surface area (Å²) in [5.41, 5.74) is 7.50. The van der Waals surface area contributed by atoms with Gasteiger partial charge in [-0.05, 0) is 36.6 Å². The molecule has 5 heteroatoms. The van der Waals surface area contributed by atoms with E-state index in [1.165, 1.54) is 0 Å². The summed E-state index contributed by atoms with van der Waals surface area (Å²) in [7, 11) is 0. The molecule has 0 spiro atoms. The quantitative estimate of drug-likeness (QED) is 0.872. The van der Waals surface area contributed by atoms with Crippen molar-refractivity contribution >= 4 is 23.2 Å². The highest BCUT2D eigenvalue weighted by atomic mass is 16.2. The standard InChI is InChI=1S/C16H23N3O2/c1-11(2)14(17)10-15(20)18-12-5-7-13(8-6-12)19-9-3-4-16(19)21/h5-8,11,14H,3-4,9-10,17H2,1-2H3,(H,18,20). The molecule has 1 saturated heterocycles. The molecule has 0 aliphatic carbocycles. The minimum atomic E-state index is -0.133. The Kier molecular flexibility index (Phi) is 4.96. The van der Waals surface area contributed by atoms with Crippen LogP contribution in [-0.2, 0) is 9.59 Å².